The predicted octanol–water partition coefficient (Wildman–Crippen LogP) is 3.50. The molecular formula is C16H30N2O. The maximum atomic E-state index is 5.67. The highest BCUT2D eigenvalue weighted by atomic mass is 16.3. The molecule has 0 aliphatic heterocycles. The van der Waals surface area contributed by atoms with Crippen molar-refractivity contribution in [1.29, 1.82) is 0 Å². The monoisotopic (exact) mass is 266 g/mol. The Kier molecular flexibility index (Phi) is 7.17. The van der Waals surface area contributed by atoms with Gasteiger partial charge >= 0.3 is 0 Å². The maximum absolute atomic E-state index is 5.67. The minimum Gasteiger partial charge on any atom is -0.468 e. The lowest BCUT2D eigenvalue weighted by Crippen LogP contribution is -2.30. The van der Waals surface area contributed by atoms with Crippen molar-refractivity contribution in [3.8, 4) is 0 Å². The third-order valence-electron chi connectivity index (χ3n) is 2.91. The largest absolute Gasteiger partial charge is 0.468 e. The fourth-order valence-corrected chi connectivity index (χ4v) is 2.33. The Labute approximate surface area is 118 Å². The zero-order valence-corrected chi connectivity index (χ0v) is 13.2. The molecule has 1 heterocycles. The molecule has 0 bridgehead atoms. The lowest BCUT2D eigenvalue weighted by atomic mass is 10.1. The molecule has 0 fully saturated rings. The second-order valence-electron chi connectivity index (χ2n) is 6.18. The number of hydrogen-bond acceptors (Lipinski definition) is 3. The van der Waals surface area contributed by atoms with E-state index in [2.05, 4.69) is 50.9 Å². The molecule has 3 nitrogen and oxygen atoms in total. The highest BCUT2D eigenvalue weighted by molar-refractivity contribution is 5.12. The molecule has 0 unspecified atom stereocenters. The summed E-state index contributed by atoms with van der Waals surface area (Å²) < 4.78 is 5.67. The van der Waals surface area contributed by atoms with Crippen molar-refractivity contribution in [1.82, 2.24) is 10.2 Å². The van der Waals surface area contributed by atoms with Crippen LogP contribution in [0.2, 0.25) is 0 Å². The third-order valence-corrected chi connectivity index (χ3v) is 2.91. The zero-order chi connectivity index (χ0) is 14.3. The lowest BCUT2D eigenvalue weighted by molar-refractivity contribution is 0.197. The first-order chi connectivity index (χ1) is 9.01. The van der Waals surface area contributed by atoms with E-state index in [-0.39, 0.29) is 0 Å². The van der Waals surface area contributed by atoms with Crippen molar-refractivity contribution in [2.75, 3.05) is 19.6 Å². The van der Waals surface area contributed by atoms with Gasteiger partial charge < -0.3 is 9.73 Å². The molecule has 1 aromatic rings. The first kappa shape index (κ1) is 16.3. The smallest absolute Gasteiger partial charge is 0.118 e. The maximum Gasteiger partial charge on any atom is 0.118 e. The van der Waals surface area contributed by atoms with Crippen LogP contribution in [0.3, 0.4) is 0 Å². The average molecular weight is 266 g/mol. The zero-order valence-electron chi connectivity index (χ0n) is 13.2. The van der Waals surface area contributed by atoms with E-state index in [9.17, 15) is 0 Å². The molecule has 0 aliphatic carbocycles. The van der Waals surface area contributed by atoms with E-state index >= 15 is 0 Å². The summed E-state index contributed by atoms with van der Waals surface area (Å²) in [5.74, 6) is 2.46. The highest BCUT2D eigenvalue weighted by Crippen LogP contribution is 2.13. The number of hydrogen-bond donors (Lipinski definition) is 1. The van der Waals surface area contributed by atoms with Gasteiger partial charge in [-0.2, -0.15) is 0 Å². The fourth-order valence-electron chi connectivity index (χ4n) is 2.33. The molecule has 0 saturated heterocycles. The molecule has 19 heavy (non-hydrogen) atoms. The van der Waals surface area contributed by atoms with Crippen LogP contribution in [0, 0.1) is 11.8 Å². The molecule has 1 aromatic heterocycles. The van der Waals surface area contributed by atoms with E-state index < -0.39 is 0 Å². The topological polar surface area (TPSA) is 28.4 Å². The number of furan rings is 1. The van der Waals surface area contributed by atoms with E-state index in [0.717, 1.165) is 38.5 Å². The molecule has 0 aromatic carbocycles. The van der Waals surface area contributed by atoms with Crippen LogP contribution in [-0.2, 0) is 13.1 Å². The predicted molar refractivity (Wildman–Crippen MR) is 81.0 cm³/mol. The molecule has 3 heteroatoms. The standard InChI is InChI=1S/C16H30N2O/c1-6-17-8-15-7-16(19-12-15)11-18(9-13(2)3)10-14(4)5/h7,12-14,17H,6,8-11H2,1-5H3. The summed E-state index contributed by atoms with van der Waals surface area (Å²) in [5.41, 5.74) is 1.24. The van der Waals surface area contributed by atoms with E-state index in [1.807, 2.05) is 6.26 Å². The lowest BCUT2D eigenvalue weighted by Gasteiger charge is -2.25. The Morgan fingerprint density at radius 3 is 2.32 bits per heavy atom. The van der Waals surface area contributed by atoms with Crippen molar-refractivity contribution in [2.24, 2.45) is 11.8 Å². The molecule has 0 radical (unpaired) electrons. The summed E-state index contributed by atoms with van der Waals surface area (Å²) >= 11 is 0. The second-order valence-corrected chi connectivity index (χ2v) is 6.18. The molecule has 0 amide bonds. The molecule has 0 saturated carbocycles. The fraction of sp³-hybridized carbons (Fsp3) is 0.750. The average Bonchev–Trinajstić information content (AvgIpc) is 2.72. The quantitative estimate of drug-likeness (QED) is 0.741. The summed E-state index contributed by atoms with van der Waals surface area (Å²) in [6, 6.07) is 2.18. The Morgan fingerprint density at radius 2 is 1.79 bits per heavy atom. The van der Waals surface area contributed by atoms with Gasteiger partial charge in [0.25, 0.3) is 0 Å². The number of nitrogens with one attached hydrogen (secondary N) is 1. The van der Waals surface area contributed by atoms with Crippen molar-refractivity contribution >= 4 is 0 Å². The van der Waals surface area contributed by atoms with E-state index in [1.54, 1.807) is 0 Å². The van der Waals surface area contributed by atoms with Gasteiger partial charge in [0.1, 0.15) is 5.76 Å². The van der Waals surface area contributed by atoms with Crippen LogP contribution in [0.5, 0.6) is 0 Å². The van der Waals surface area contributed by atoms with Crippen LogP contribution < -0.4 is 5.32 Å². The summed E-state index contributed by atoms with van der Waals surface area (Å²) in [4.78, 5) is 2.49. The molecule has 0 atom stereocenters. The van der Waals surface area contributed by atoms with Gasteiger partial charge in [0, 0.05) is 25.2 Å². The van der Waals surface area contributed by atoms with Crippen LogP contribution in [-0.4, -0.2) is 24.5 Å². The summed E-state index contributed by atoms with van der Waals surface area (Å²) in [6.45, 7) is 16.3. The van der Waals surface area contributed by atoms with E-state index in [1.165, 1.54) is 5.56 Å². The number of rotatable bonds is 9. The molecule has 0 spiro atoms. The minimum atomic E-state index is 0.690. The Hall–Kier alpha value is -0.800. The van der Waals surface area contributed by atoms with Gasteiger partial charge in [-0.25, -0.2) is 0 Å². The Balaban J connectivity index is 2.54. The summed E-state index contributed by atoms with van der Waals surface area (Å²) in [7, 11) is 0. The van der Waals surface area contributed by atoms with Crippen LogP contribution in [0.4, 0.5) is 0 Å². The van der Waals surface area contributed by atoms with E-state index in [4.69, 9.17) is 4.42 Å². The molecule has 1 rings (SSSR count). The molecule has 110 valence electrons. The SMILES string of the molecule is CCNCc1coc(CN(CC(C)C)CC(C)C)c1. The summed E-state index contributed by atoms with van der Waals surface area (Å²) in [6.07, 6.45) is 1.88. The van der Waals surface area contributed by atoms with Gasteiger partial charge in [0.15, 0.2) is 0 Å². The molecule has 1 N–H and O–H groups in total. The minimum absolute atomic E-state index is 0.690. The first-order valence-electron chi connectivity index (χ1n) is 7.50. The second kappa shape index (κ2) is 8.39. The van der Waals surface area contributed by atoms with Gasteiger partial charge in [-0.1, -0.05) is 34.6 Å². The van der Waals surface area contributed by atoms with E-state index in [0.29, 0.717) is 11.8 Å². The van der Waals surface area contributed by atoms with Crippen molar-refractivity contribution < 1.29 is 4.42 Å². The van der Waals surface area contributed by atoms with Crippen molar-refractivity contribution in [3.63, 3.8) is 0 Å². The third kappa shape index (κ3) is 6.79. The van der Waals surface area contributed by atoms with Crippen molar-refractivity contribution in [2.45, 2.75) is 47.7 Å². The van der Waals surface area contributed by atoms with Crippen molar-refractivity contribution in [3.05, 3.63) is 23.7 Å². The van der Waals surface area contributed by atoms with Crippen LogP contribution >= 0.6 is 0 Å². The van der Waals surface area contributed by atoms with Crippen LogP contribution in [0.15, 0.2) is 16.7 Å². The Morgan fingerprint density at radius 1 is 1.16 bits per heavy atom. The van der Waals surface area contributed by atoms with Gasteiger partial charge in [-0.15, -0.1) is 0 Å². The Bertz CT molecular complexity index is 334. The van der Waals surface area contributed by atoms with Crippen LogP contribution in [0.1, 0.15) is 45.9 Å². The molecule has 0 aliphatic rings. The first-order valence-corrected chi connectivity index (χ1v) is 7.50. The highest BCUT2D eigenvalue weighted by Gasteiger charge is 2.12. The van der Waals surface area contributed by atoms with Crippen LogP contribution in [0.25, 0.3) is 0 Å². The number of nitrogens with zero attached hydrogens (tertiary/aromatic N) is 1. The normalized spacial score (nSPS) is 12.0. The van der Waals surface area contributed by atoms with Gasteiger partial charge in [0.05, 0.1) is 12.8 Å². The van der Waals surface area contributed by atoms with Gasteiger partial charge in [-0.3, -0.25) is 4.90 Å². The van der Waals surface area contributed by atoms with Gasteiger partial charge in [-0.05, 0) is 24.4 Å². The molecular weight excluding hydrogens is 236 g/mol. The van der Waals surface area contributed by atoms with Gasteiger partial charge in [0.2, 0.25) is 0 Å². The summed E-state index contributed by atoms with van der Waals surface area (Å²) in [5, 5.41) is 3.32.